The van der Waals surface area contributed by atoms with Crippen molar-refractivity contribution in [2.75, 3.05) is 26.4 Å². The molecular weight excluding hydrogens is 398 g/mol. The molecule has 1 heterocycles. The zero-order chi connectivity index (χ0) is 20.7. The summed E-state index contributed by atoms with van der Waals surface area (Å²) in [6.07, 6.45) is 0.510. The van der Waals surface area contributed by atoms with Gasteiger partial charge in [0.05, 0.1) is 24.5 Å². The molecule has 8 nitrogen and oxygen atoms in total. The molecule has 0 saturated heterocycles. The molecule has 0 amide bonds. The Morgan fingerprint density at radius 1 is 1.00 bits per heavy atom. The van der Waals surface area contributed by atoms with Gasteiger partial charge in [-0.2, -0.15) is 0 Å². The molecule has 0 spiro atoms. The highest BCUT2D eigenvalue weighted by Crippen LogP contribution is 2.31. The first-order chi connectivity index (χ1) is 14.0. The van der Waals surface area contributed by atoms with E-state index in [0.29, 0.717) is 36.7 Å². The molecule has 154 valence electrons. The van der Waals surface area contributed by atoms with Crippen molar-refractivity contribution in [3.8, 4) is 11.5 Å². The minimum Gasteiger partial charge on any atom is -0.490 e. The molecule has 2 aromatic rings. The molecule has 9 heteroatoms. The summed E-state index contributed by atoms with van der Waals surface area (Å²) >= 11 is 0. The molecule has 3 rings (SSSR count). The number of nitrogens with one attached hydrogen (secondary N) is 1. The van der Waals surface area contributed by atoms with E-state index in [0.717, 1.165) is 0 Å². The summed E-state index contributed by atoms with van der Waals surface area (Å²) in [6, 6.07) is 12.8. The lowest BCUT2D eigenvalue weighted by Crippen LogP contribution is -2.27. The van der Waals surface area contributed by atoms with Crippen LogP contribution in [0.2, 0.25) is 0 Å². The molecule has 1 N–H and O–H groups in total. The van der Waals surface area contributed by atoms with Crippen molar-refractivity contribution < 1.29 is 32.2 Å². The molecule has 0 aromatic heterocycles. The van der Waals surface area contributed by atoms with Gasteiger partial charge in [-0.3, -0.25) is 9.59 Å². The van der Waals surface area contributed by atoms with Gasteiger partial charge in [-0.15, -0.1) is 0 Å². The summed E-state index contributed by atoms with van der Waals surface area (Å²) in [4.78, 5) is 23.7. The monoisotopic (exact) mass is 419 g/mol. The van der Waals surface area contributed by atoms with Crippen LogP contribution >= 0.6 is 0 Å². The van der Waals surface area contributed by atoms with Crippen LogP contribution in [0.15, 0.2) is 53.4 Å². The lowest BCUT2D eigenvalue weighted by atomic mass is 10.1. The number of rotatable bonds is 8. The highest BCUT2D eigenvalue weighted by Gasteiger charge is 2.19. The highest BCUT2D eigenvalue weighted by atomic mass is 32.2. The third-order valence-electron chi connectivity index (χ3n) is 4.11. The van der Waals surface area contributed by atoms with Gasteiger partial charge in [0.25, 0.3) is 0 Å². The molecule has 29 heavy (non-hydrogen) atoms. The number of sulfonamides is 1. The number of ether oxygens (including phenoxy) is 3. The highest BCUT2D eigenvalue weighted by molar-refractivity contribution is 7.89. The maximum absolute atomic E-state index is 12.4. The van der Waals surface area contributed by atoms with Crippen molar-refractivity contribution >= 4 is 21.8 Å². The number of esters is 1. The van der Waals surface area contributed by atoms with Gasteiger partial charge in [-0.05, 0) is 12.1 Å². The Labute approximate surface area is 168 Å². The Bertz CT molecular complexity index is 974. The summed E-state index contributed by atoms with van der Waals surface area (Å²) in [7, 11) is -3.84. The van der Waals surface area contributed by atoms with E-state index in [1.54, 1.807) is 36.4 Å². The van der Waals surface area contributed by atoms with Crippen molar-refractivity contribution in [1.82, 2.24) is 4.72 Å². The summed E-state index contributed by atoms with van der Waals surface area (Å²) in [5.74, 6) is -0.139. The quantitative estimate of drug-likeness (QED) is 0.515. The zero-order valence-electron chi connectivity index (χ0n) is 15.6. The SMILES string of the molecule is O=C(CCNS(=O)(=O)c1ccc2c(c1)OCCCO2)OCC(=O)c1ccccc1. The second kappa shape index (κ2) is 9.53. The predicted octanol–water partition coefficient (Wildman–Crippen LogP) is 1.94. The maximum atomic E-state index is 12.4. The molecule has 0 atom stereocenters. The van der Waals surface area contributed by atoms with Crippen LogP contribution in [0.4, 0.5) is 0 Å². The number of benzene rings is 2. The lowest BCUT2D eigenvalue weighted by Gasteiger charge is -2.11. The first kappa shape index (κ1) is 20.8. The molecule has 0 radical (unpaired) electrons. The standard InChI is InChI=1S/C20H21NO7S/c22-17(15-5-2-1-3-6-15)14-28-20(23)9-10-21-29(24,25)16-7-8-18-19(13-16)27-12-4-11-26-18/h1-3,5-8,13,21H,4,9-12,14H2. The van der Waals surface area contributed by atoms with E-state index in [2.05, 4.69) is 4.72 Å². The van der Waals surface area contributed by atoms with Crippen LogP contribution in [0, 0.1) is 0 Å². The fourth-order valence-electron chi connectivity index (χ4n) is 2.61. The van der Waals surface area contributed by atoms with Gasteiger partial charge < -0.3 is 14.2 Å². The Hall–Kier alpha value is -2.91. The van der Waals surface area contributed by atoms with Crippen molar-refractivity contribution in [2.24, 2.45) is 0 Å². The van der Waals surface area contributed by atoms with Crippen molar-refractivity contribution in [3.05, 3.63) is 54.1 Å². The average molecular weight is 419 g/mol. The number of carbonyl (C=O) groups is 2. The molecule has 0 aliphatic carbocycles. The van der Waals surface area contributed by atoms with Crippen molar-refractivity contribution in [2.45, 2.75) is 17.7 Å². The van der Waals surface area contributed by atoms with Crippen molar-refractivity contribution in [3.63, 3.8) is 0 Å². The first-order valence-corrected chi connectivity index (χ1v) is 10.6. The predicted molar refractivity (Wildman–Crippen MR) is 104 cm³/mol. The average Bonchev–Trinajstić information content (AvgIpc) is 2.97. The number of hydrogen-bond donors (Lipinski definition) is 1. The zero-order valence-corrected chi connectivity index (χ0v) is 16.4. The van der Waals surface area contributed by atoms with Crippen molar-refractivity contribution in [1.29, 1.82) is 0 Å². The van der Waals surface area contributed by atoms with E-state index in [1.807, 2.05) is 0 Å². The second-order valence-electron chi connectivity index (χ2n) is 6.26. The van der Waals surface area contributed by atoms with E-state index in [-0.39, 0.29) is 23.6 Å². The van der Waals surface area contributed by atoms with Gasteiger partial charge >= 0.3 is 5.97 Å². The van der Waals surface area contributed by atoms with Gasteiger partial charge in [0, 0.05) is 24.6 Å². The molecule has 1 aliphatic rings. The number of fused-ring (bicyclic) bond motifs is 1. The van der Waals surface area contributed by atoms with Crippen LogP contribution < -0.4 is 14.2 Å². The molecule has 0 saturated carbocycles. The van der Waals surface area contributed by atoms with E-state index in [1.165, 1.54) is 12.1 Å². The first-order valence-electron chi connectivity index (χ1n) is 9.09. The minimum absolute atomic E-state index is 0.00868. The third-order valence-corrected chi connectivity index (χ3v) is 5.57. The Kier molecular flexibility index (Phi) is 6.84. The minimum atomic E-state index is -3.84. The van der Waals surface area contributed by atoms with E-state index in [9.17, 15) is 18.0 Å². The number of hydrogen-bond acceptors (Lipinski definition) is 7. The van der Waals surface area contributed by atoms with Gasteiger partial charge in [0.2, 0.25) is 10.0 Å². The largest absolute Gasteiger partial charge is 0.490 e. The summed E-state index contributed by atoms with van der Waals surface area (Å²) in [5, 5.41) is 0. The maximum Gasteiger partial charge on any atom is 0.307 e. The number of carbonyl (C=O) groups excluding carboxylic acids is 2. The number of ketones is 1. The van der Waals surface area contributed by atoms with Crippen LogP contribution in [0.25, 0.3) is 0 Å². The molecular formula is C20H21NO7S. The van der Waals surface area contributed by atoms with Gasteiger partial charge in [-0.1, -0.05) is 30.3 Å². The van der Waals surface area contributed by atoms with Gasteiger partial charge in [-0.25, -0.2) is 13.1 Å². The van der Waals surface area contributed by atoms with E-state index >= 15 is 0 Å². The normalized spacial score (nSPS) is 13.4. The Balaban J connectivity index is 1.48. The van der Waals surface area contributed by atoms with Crippen LogP contribution in [0.5, 0.6) is 11.5 Å². The van der Waals surface area contributed by atoms with Gasteiger partial charge in [0.15, 0.2) is 23.9 Å². The molecule has 0 bridgehead atoms. The summed E-state index contributed by atoms with van der Waals surface area (Å²) < 4.78 is 43.1. The molecule has 0 fully saturated rings. The molecule has 1 aliphatic heterocycles. The molecule has 0 unspecified atom stereocenters. The van der Waals surface area contributed by atoms with Crippen LogP contribution in [0.1, 0.15) is 23.2 Å². The van der Waals surface area contributed by atoms with E-state index in [4.69, 9.17) is 14.2 Å². The van der Waals surface area contributed by atoms with E-state index < -0.39 is 22.6 Å². The fraction of sp³-hybridized carbons (Fsp3) is 0.300. The second-order valence-corrected chi connectivity index (χ2v) is 8.02. The number of Topliss-reactive ketones (excluding diaryl/α,β-unsaturated/α-hetero) is 1. The topological polar surface area (TPSA) is 108 Å². The van der Waals surface area contributed by atoms with Crippen LogP contribution in [-0.2, 0) is 19.6 Å². The molecule has 2 aromatic carbocycles. The smallest absolute Gasteiger partial charge is 0.307 e. The Morgan fingerprint density at radius 3 is 2.48 bits per heavy atom. The summed E-state index contributed by atoms with van der Waals surface area (Å²) in [5.41, 5.74) is 0.440. The Morgan fingerprint density at radius 2 is 1.72 bits per heavy atom. The van der Waals surface area contributed by atoms with Gasteiger partial charge in [0.1, 0.15) is 0 Å². The fourth-order valence-corrected chi connectivity index (χ4v) is 3.65. The summed E-state index contributed by atoms with van der Waals surface area (Å²) in [6.45, 7) is 0.399. The third kappa shape index (κ3) is 5.78. The van der Waals surface area contributed by atoms with Crippen LogP contribution in [-0.4, -0.2) is 46.5 Å². The lowest BCUT2D eigenvalue weighted by molar-refractivity contribution is -0.142. The van der Waals surface area contributed by atoms with Crippen LogP contribution in [0.3, 0.4) is 0 Å².